The first-order valence-electron chi connectivity index (χ1n) is 6.80. The highest BCUT2D eigenvalue weighted by molar-refractivity contribution is 7.99. The Morgan fingerprint density at radius 3 is 2.95 bits per heavy atom. The quantitative estimate of drug-likeness (QED) is 0.852. The number of hydrogen-bond donors (Lipinski definition) is 1. The van der Waals surface area contributed by atoms with Crippen molar-refractivity contribution in [2.75, 3.05) is 19.4 Å². The summed E-state index contributed by atoms with van der Waals surface area (Å²) in [6, 6.07) is 7.52. The zero-order chi connectivity index (χ0) is 15.5. The smallest absolute Gasteiger partial charge is 0.230 e. The Kier molecular flexibility index (Phi) is 4.19. The van der Waals surface area contributed by atoms with Crippen LogP contribution in [0.25, 0.3) is 0 Å². The number of hydrogen-bond acceptors (Lipinski definition) is 6. The average Bonchev–Trinajstić information content (AvgIpc) is 2.93. The van der Waals surface area contributed by atoms with Crippen LogP contribution < -0.4 is 14.8 Å². The predicted octanol–water partition coefficient (Wildman–Crippen LogP) is 1.17. The van der Waals surface area contributed by atoms with Gasteiger partial charge in [0.15, 0.2) is 28.6 Å². The lowest BCUT2D eigenvalue weighted by molar-refractivity contribution is -0.118. The summed E-state index contributed by atoms with van der Waals surface area (Å²) in [6.07, 6.45) is -0.318. The van der Waals surface area contributed by atoms with Crippen molar-refractivity contribution in [1.29, 1.82) is 0 Å². The molecule has 2 aromatic rings. The monoisotopic (exact) mass is 320 g/mol. The van der Waals surface area contributed by atoms with Crippen molar-refractivity contribution in [3.8, 4) is 11.5 Å². The maximum atomic E-state index is 11.3. The van der Waals surface area contributed by atoms with Gasteiger partial charge in [0.05, 0.1) is 5.75 Å². The predicted molar refractivity (Wildman–Crippen MR) is 81.1 cm³/mol. The second kappa shape index (κ2) is 6.27. The van der Waals surface area contributed by atoms with E-state index in [0.717, 1.165) is 5.75 Å². The van der Waals surface area contributed by atoms with Crippen LogP contribution in [0.3, 0.4) is 0 Å². The number of benzene rings is 1. The summed E-state index contributed by atoms with van der Waals surface area (Å²) in [5, 5.41) is 11.5. The van der Waals surface area contributed by atoms with Gasteiger partial charge >= 0.3 is 0 Å². The summed E-state index contributed by atoms with van der Waals surface area (Å²) >= 11 is 1.33. The molecular weight excluding hydrogens is 304 g/mol. The molecule has 1 aliphatic rings. The molecule has 1 aliphatic heterocycles. The summed E-state index contributed by atoms with van der Waals surface area (Å²) in [5.74, 6) is 2.35. The number of nitrogens with zero attached hydrogens (tertiary/aromatic N) is 3. The third kappa shape index (κ3) is 2.87. The number of thioether (sulfide) groups is 1. The minimum Gasteiger partial charge on any atom is -0.485 e. The van der Waals surface area contributed by atoms with E-state index in [4.69, 9.17) is 9.47 Å². The van der Waals surface area contributed by atoms with Crippen molar-refractivity contribution in [3.05, 3.63) is 30.1 Å². The van der Waals surface area contributed by atoms with Gasteiger partial charge in [-0.15, -0.1) is 10.2 Å². The van der Waals surface area contributed by atoms with E-state index in [9.17, 15) is 4.79 Å². The van der Waals surface area contributed by atoms with Crippen LogP contribution in [0.15, 0.2) is 29.4 Å². The Morgan fingerprint density at radius 1 is 1.41 bits per heavy atom. The molecule has 22 heavy (non-hydrogen) atoms. The van der Waals surface area contributed by atoms with E-state index in [1.165, 1.54) is 11.8 Å². The van der Waals surface area contributed by atoms with Crippen LogP contribution in [0, 0.1) is 0 Å². The molecule has 116 valence electrons. The van der Waals surface area contributed by atoms with Gasteiger partial charge in [0.1, 0.15) is 6.61 Å². The number of carbonyl (C=O) groups excluding carboxylic acids is 1. The van der Waals surface area contributed by atoms with Crippen molar-refractivity contribution in [3.63, 3.8) is 0 Å². The SMILES string of the molecule is CNC(=O)CSc1nnc([C@H]2COc3ccccc3O2)n1C. The first kappa shape index (κ1) is 14.7. The topological polar surface area (TPSA) is 78.3 Å². The van der Waals surface area contributed by atoms with Crippen LogP contribution in [-0.2, 0) is 11.8 Å². The Morgan fingerprint density at radius 2 is 2.18 bits per heavy atom. The highest BCUT2D eigenvalue weighted by Gasteiger charge is 2.27. The molecule has 0 unspecified atom stereocenters. The lowest BCUT2D eigenvalue weighted by atomic mass is 10.2. The molecule has 7 nitrogen and oxygen atoms in total. The molecule has 0 saturated heterocycles. The molecule has 0 bridgehead atoms. The van der Waals surface area contributed by atoms with E-state index >= 15 is 0 Å². The normalized spacial score (nSPS) is 16.4. The Balaban J connectivity index is 1.74. The molecule has 0 spiro atoms. The first-order chi connectivity index (χ1) is 10.7. The third-order valence-electron chi connectivity index (χ3n) is 3.28. The largest absolute Gasteiger partial charge is 0.485 e. The number of amides is 1. The van der Waals surface area contributed by atoms with E-state index in [-0.39, 0.29) is 12.0 Å². The number of rotatable bonds is 4. The van der Waals surface area contributed by atoms with Gasteiger partial charge in [-0.05, 0) is 12.1 Å². The van der Waals surface area contributed by atoms with Gasteiger partial charge in [-0.3, -0.25) is 4.79 Å². The first-order valence-corrected chi connectivity index (χ1v) is 7.78. The zero-order valence-corrected chi connectivity index (χ0v) is 13.1. The van der Waals surface area contributed by atoms with E-state index < -0.39 is 0 Å². The molecule has 0 saturated carbocycles. The maximum Gasteiger partial charge on any atom is 0.230 e. The van der Waals surface area contributed by atoms with E-state index in [1.807, 2.05) is 35.9 Å². The van der Waals surface area contributed by atoms with Crippen LogP contribution in [0.2, 0.25) is 0 Å². The zero-order valence-electron chi connectivity index (χ0n) is 12.3. The van der Waals surface area contributed by atoms with Gasteiger partial charge in [-0.1, -0.05) is 23.9 Å². The second-order valence-corrected chi connectivity index (χ2v) is 5.67. The molecule has 1 atom stereocenters. The van der Waals surface area contributed by atoms with Crippen LogP contribution in [-0.4, -0.2) is 40.1 Å². The van der Waals surface area contributed by atoms with Crippen LogP contribution in [0.5, 0.6) is 11.5 Å². The summed E-state index contributed by atoms with van der Waals surface area (Å²) < 4.78 is 13.4. The third-order valence-corrected chi connectivity index (χ3v) is 4.30. The van der Waals surface area contributed by atoms with E-state index in [2.05, 4.69) is 15.5 Å². The van der Waals surface area contributed by atoms with Crippen molar-refractivity contribution in [1.82, 2.24) is 20.1 Å². The van der Waals surface area contributed by atoms with Crippen molar-refractivity contribution < 1.29 is 14.3 Å². The number of ether oxygens (including phenoxy) is 2. The number of carbonyl (C=O) groups is 1. The Hall–Kier alpha value is -2.22. The lowest BCUT2D eigenvalue weighted by Gasteiger charge is -2.25. The molecule has 1 amide bonds. The minimum atomic E-state index is -0.318. The van der Waals surface area contributed by atoms with E-state index in [0.29, 0.717) is 29.1 Å². The summed E-state index contributed by atoms with van der Waals surface area (Å²) in [5.41, 5.74) is 0. The Bertz CT molecular complexity index is 688. The molecule has 2 heterocycles. The maximum absolute atomic E-state index is 11.3. The highest BCUT2D eigenvalue weighted by Crippen LogP contribution is 2.35. The fourth-order valence-electron chi connectivity index (χ4n) is 2.08. The van der Waals surface area contributed by atoms with Crippen molar-refractivity contribution in [2.24, 2.45) is 7.05 Å². The lowest BCUT2D eigenvalue weighted by Crippen LogP contribution is -2.24. The molecular formula is C14H16N4O3S. The standard InChI is InChI=1S/C14H16N4O3S/c1-15-12(19)8-22-14-17-16-13(18(14)2)11-7-20-9-5-3-4-6-10(9)21-11/h3-6,11H,7-8H2,1-2H3,(H,15,19)/t11-/m1/s1. The number of para-hydroxylation sites is 2. The molecule has 1 aromatic heterocycles. The summed E-state index contributed by atoms with van der Waals surface area (Å²) in [6.45, 7) is 0.378. The van der Waals surface area contributed by atoms with Crippen molar-refractivity contribution in [2.45, 2.75) is 11.3 Å². The van der Waals surface area contributed by atoms with Crippen molar-refractivity contribution >= 4 is 17.7 Å². The van der Waals surface area contributed by atoms with Gasteiger partial charge in [-0.2, -0.15) is 0 Å². The van der Waals surface area contributed by atoms with E-state index in [1.54, 1.807) is 7.05 Å². The van der Waals surface area contributed by atoms with Gasteiger partial charge < -0.3 is 19.4 Å². The molecule has 1 aromatic carbocycles. The van der Waals surface area contributed by atoms with Crippen LogP contribution in [0.4, 0.5) is 0 Å². The van der Waals surface area contributed by atoms with Crippen LogP contribution in [0.1, 0.15) is 11.9 Å². The van der Waals surface area contributed by atoms with Crippen LogP contribution >= 0.6 is 11.8 Å². The fraction of sp³-hybridized carbons (Fsp3) is 0.357. The number of fused-ring (bicyclic) bond motifs is 1. The minimum absolute atomic E-state index is 0.0549. The van der Waals surface area contributed by atoms with Gasteiger partial charge in [-0.25, -0.2) is 0 Å². The number of aromatic nitrogens is 3. The number of nitrogens with one attached hydrogen (secondary N) is 1. The molecule has 1 N–H and O–H groups in total. The molecule has 3 rings (SSSR count). The molecule has 0 radical (unpaired) electrons. The second-order valence-electron chi connectivity index (χ2n) is 4.73. The van der Waals surface area contributed by atoms with Gasteiger partial charge in [0, 0.05) is 14.1 Å². The highest BCUT2D eigenvalue weighted by atomic mass is 32.2. The summed E-state index contributed by atoms with van der Waals surface area (Å²) in [4.78, 5) is 11.3. The average molecular weight is 320 g/mol. The molecule has 8 heteroatoms. The molecule has 0 fully saturated rings. The van der Waals surface area contributed by atoms with Gasteiger partial charge in [0.2, 0.25) is 5.91 Å². The molecule has 0 aliphatic carbocycles. The van der Waals surface area contributed by atoms with Gasteiger partial charge in [0.25, 0.3) is 0 Å². The Labute approximate surface area is 132 Å². The summed E-state index contributed by atoms with van der Waals surface area (Å²) in [7, 11) is 3.46. The fourth-order valence-corrected chi connectivity index (χ4v) is 2.87.